The third kappa shape index (κ3) is 2.84. The maximum absolute atomic E-state index is 15.0. The van der Waals surface area contributed by atoms with Crippen LogP contribution in [0.2, 0.25) is 0 Å². The molecule has 0 radical (unpaired) electrons. The molecule has 1 heterocycles. The Balaban J connectivity index is 1.72. The van der Waals surface area contributed by atoms with Crippen molar-refractivity contribution in [1.82, 2.24) is 5.32 Å². The van der Waals surface area contributed by atoms with Crippen LogP contribution in [0, 0.1) is 5.92 Å². The number of benzene rings is 1. The SMILES string of the molecule is CC(F)(Cc1ccc2c(c1)CCC2)C1CCCNC1. The van der Waals surface area contributed by atoms with Crippen LogP contribution in [-0.2, 0) is 19.3 Å². The zero-order chi connectivity index (χ0) is 13.3. The topological polar surface area (TPSA) is 12.0 Å². The highest BCUT2D eigenvalue weighted by atomic mass is 19.1. The number of rotatable bonds is 3. The van der Waals surface area contributed by atoms with E-state index in [-0.39, 0.29) is 5.92 Å². The molecule has 1 fully saturated rings. The van der Waals surface area contributed by atoms with E-state index in [9.17, 15) is 4.39 Å². The van der Waals surface area contributed by atoms with Gasteiger partial charge in [-0.05, 0) is 62.3 Å². The molecule has 1 aliphatic carbocycles. The lowest BCUT2D eigenvalue weighted by molar-refractivity contribution is 0.0833. The van der Waals surface area contributed by atoms with E-state index in [1.165, 1.54) is 36.0 Å². The van der Waals surface area contributed by atoms with E-state index in [4.69, 9.17) is 0 Å². The predicted molar refractivity (Wildman–Crippen MR) is 77.3 cm³/mol. The number of hydrogen-bond acceptors (Lipinski definition) is 1. The maximum atomic E-state index is 15.0. The summed E-state index contributed by atoms with van der Waals surface area (Å²) in [5, 5.41) is 3.33. The second kappa shape index (κ2) is 5.24. The number of nitrogens with one attached hydrogen (secondary N) is 1. The van der Waals surface area contributed by atoms with E-state index in [1.54, 1.807) is 6.92 Å². The van der Waals surface area contributed by atoms with E-state index >= 15 is 0 Å². The molecule has 104 valence electrons. The highest BCUT2D eigenvalue weighted by Crippen LogP contribution is 2.32. The summed E-state index contributed by atoms with van der Waals surface area (Å²) in [7, 11) is 0. The molecule has 2 unspecified atom stereocenters. The molecule has 2 heteroatoms. The molecule has 0 spiro atoms. The number of hydrogen-bond donors (Lipinski definition) is 1. The van der Waals surface area contributed by atoms with Gasteiger partial charge >= 0.3 is 0 Å². The van der Waals surface area contributed by atoms with Gasteiger partial charge in [0.2, 0.25) is 0 Å². The van der Waals surface area contributed by atoms with Crippen LogP contribution in [0.5, 0.6) is 0 Å². The average molecular weight is 261 g/mol. The van der Waals surface area contributed by atoms with Gasteiger partial charge in [-0.3, -0.25) is 0 Å². The molecule has 1 aromatic rings. The molecular formula is C17H24FN. The second-order valence-electron chi connectivity index (χ2n) is 6.45. The lowest BCUT2D eigenvalue weighted by Gasteiger charge is -2.34. The first-order valence-corrected chi connectivity index (χ1v) is 7.65. The van der Waals surface area contributed by atoms with Crippen molar-refractivity contribution in [3.05, 3.63) is 34.9 Å². The molecule has 0 aromatic heterocycles. The van der Waals surface area contributed by atoms with E-state index < -0.39 is 5.67 Å². The summed E-state index contributed by atoms with van der Waals surface area (Å²) >= 11 is 0. The molecule has 2 aliphatic rings. The zero-order valence-corrected chi connectivity index (χ0v) is 11.8. The third-order valence-electron chi connectivity index (χ3n) is 4.86. The van der Waals surface area contributed by atoms with Crippen LogP contribution in [0.25, 0.3) is 0 Å². The molecular weight excluding hydrogens is 237 g/mol. The minimum atomic E-state index is -1.08. The van der Waals surface area contributed by atoms with E-state index in [0.717, 1.165) is 25.9 Å². The largest absolute Gasteiger partial charge is 0.316 e. The normalized spacial score (nSPS) is 25.9. The van der Waals surface area contributed by atoms with Gasteiger partial charge in [-0.1, -0.05) is 18.2 Å². The monoisotopic (exact) mass is 261 g/mol. The first kappa shape index (κ1) is 13.1. The lowest BCUT2D eigenvalue weighted by atomic mass is 9.80. The highest BCUT2D eigenvalue weighted by Gasteiger charge is 2.35. The third-order valence-corrected chi connectivity index (χ3v) is 4.86. The van der Waals surface area contributed by atoms with Crippen molar-refractivity contribution in [2.45, 2.75) is 51.1 Å². The molecule has 2 atom stereocenters. The van der Waals surface area contributed by atoms with E-state index in [0.29, 0.717) is 6.42 Å². The Bertz CT molecular complexity index is 447. The van der Waals surface area contributed by atoms with Gasteiger partial charge in [-0.25, -0.2) is 4.39 Å². The summed E-state index contributed by atoms with van der Waals surface area (Å²) in [5.74, 6) is 0.162. The van der Waals surface area contributed by atoms with Gasteiger partial charge in [0.05, 0.1) is 0 Å². The molecule has 0 saturated carbocycles. The van der Waals surface area contributed by atoms with E-state index in [1.807, 2.05) is 0 Å². The minimum Gasteiger partial charge on any atom is -0.316 e. The summed E-state index contributed by atoms with van der Waals surface area (Å²) in [4.78, 5) is 0. The second-order valence-corrected chi connectivity index (χ2v) is 6.45. The van der Waals surface area contributed by atoms with Crippen LogP contribution < -0.4 is 5.32 Å². The molecule has 19 heavy (non-hydrogen) atoms. The fraction of sp³-hybridized carbons (Fsp3) is 0.647. The highest BCUT2D eigenvalue weighted by molar-refractivity contribution is 5.35. The molecule has 1 aliphatic heterocycles. The van der Waals surface area contributed by atoms with Crippen molar-refractivity contribution >= 4 is 0 Å². The summed E-state index contributed by atoms with van der Waals surface area (Å²) in [6.45, 7) is 3.67. The number of halogens is 1. The standard InChI is InChI=1S/C17H24FN/c1-17(18,16-6-3-9-19-12-16)11-13-7-8-14-4-2-5-15(14)10-13/h7-8,10,16,19H,2-6,9,11-12H2,1H3. The van der Waals surface area contributed by atoms with Crippen molar-refractivity contribution < 1.29 is 4.39 Å². The van der Waals surface area contributed by atoms with Crippen molar-refractivity contribution in [2.75, 3.05) is 13.1 Å². The van der Waals surface area contributed by atoms with Gasteiger partial charge in [0.25, 0.3) is 0 Å². The Morgan fingerprint density at radius 1 is 1.26 bits per heavy atom. The number of piperidine rings is 1. The quantitative estimate of drug-likeness (QED) is 0.879. The first-order chi connectivity index (χ1) is 9.15. The Labute approximate surface area is 115 Å². The summed E-state index contributed by atoms with van der Waals surface area (Å²) in [6.07, 6.45) is 6.33. The molecule has 1 N–H and O–H groups in total. The van der Waals surface area contributed by atoms with Crippen LogP contribution in [0.1, 0.15) is 42.9 Å². The van der Waals surface area contributed by atoms with Crippen LogP contribution in [0.4, 0.5) is 4.39 Å². The fourth-order valence-electron chi connectivity index (χ4n) is 3.64. The Morgan fingerprint density at radius 2 is 2.11 bits per heavy atom. The summed E-state index contributed by atoms with van der Waals surface area (Å²) in [5.41, 5.74) is 3.02. The van der Waals surface area contributed by atoms with E-state index in [2.05, 4.69) is 23.5 Å². The minimum absolute atomic E-state index is 0.162. The zero-order valence-electron chi connectivity index (χ0n) is 11.8. The van der Waals surface area contributed by atoms with Crippen molar-refractivity contribution in [1.29, 1.82) is 0 Å². The van der Waals surface area contributed by atoms with Gasteiger partial charge in [0, 0.05) is 18.9 Å². The average Bonchev–Trinajstić information content (AvgIpc) is 2.87. The Hall–Kier alpha value is -0.890. The number of alkyl halides is 1. The van der Waals surface area contributed by atoms with Crippen molar-refractivity contribution in [3.63, 3.8) is 0 Å². The van der Waals surface area contributed by atoms with Crippen molar-refractivity contribution in [2.24, 2.45) is 5.92 Å². The van der Waals surface area contributed by atoms with Crippen LogP contribution in [-0.4, -0.2) is 18.8 Å². The summed E-state index contributed by atoms with van der Waals surface area (Å²) < 4.78 is 15.0. The van der Waals surface area contributed by atoms with Crippen molar-refractivity contribution in [3.8, 4) is 0 Å². The van der Waals surface area contributed by atoms with Gasteiger partial charge in [-0.15, -0.1) is 0 Å². The van der Waals surface area contributed by atoms with Crippen LogP contribution >= 0.6 is 0 Å². The first-order valence-electron chi connectivity index (χ1n) is 7.65. The number of fused-ring (bicyclic) bond motifs is 1. The molecule has 0 amide bonds. The van der Waals surface area contributed by atoms with Crippen LogP contribution in [0.3, 0.4) is 0 Å². The Morgan fingerprint density at radius 3 is 2.89 bits per heavy atom. The molecule has 3 rings (SSSR count). The van der Waals surface area contributed by atoms with Gasteiger partial charge in [0.1, 0.15) is 5.67 Å². The maximum Gasteiger partial charge on any atom is 0.116 e. The lowest BCUT2D eigenvalue weighted by Crippen LogP contribution is -2.42. The van der Waals surface area contributed by atoms with Gasteiger partial charge in [-0.2, -0.15) is 0 Å². The Kier molecular flexibility index (Phi) is 3.62. The van der Waals surface area contributed by atoms with Gasteiger partial charge in [0.15, 0.2) is 0 Å². The molecule has 1 aromatic carbocycles. The summed E-state index contributed by atoms with van der Waals surface area (Å²) in [6, 6.07) is 6.60. The predicted octanol–water partition coefficient (Wildman–Crippen LogP) is 3.45. The molecule has 1 saturated heterocycles. The van der Waals surface area contributed by atoms with Crippen LogP contribution in [0.15, 0.2) is 18.2 Å². The molecule has 0 bridgehead atoms. The smallest absolute Gasteiger partial charge is 0.116 e. The van der Waals surface area contributed by atoms with Gasteiger partial charge < -0.3 is 5.32 Å². The number of aryl methyl sites for hydroxylation is 2. The fourth-order valence-corrected chi connectivity index (χ4v) is 3.64. The molecule has 1 nitrogen and oxygen atoms in total.